The maximum atomic E-state index is 2.56. The van der Waals surface area contributed by atoms with Crippen molar-refractivity contribution in [2.24, 2.45) is 11.3 Å². The molecule has 1 aromatic carbocycles. The molecule has 132 valence electrons. The van der Waals surface area contributed by atoms with Crippen LogP contribution in [0.3, 0.4) is 0 Å². The average Bonchev–Trinajstić information content (AvgIpc) is 3.20. The summed E-state index contributed by atoms with van der Waals surface area (Å²) in [5, 5.41) is 0. The molecule has 0 N–H and O–H groups in total. The summed E-state index contributed by atoms with van der Waals surface area (Å²) in [6.45, 7) is 16.8. The van der Waals surface area contributed by atoms with E-state index in [0.29, 0.717) is 5.92 Å². The third-order valence-corrected chi connectivity index (χ3v) is 7.98. The van der Waals surface area contributed by atoms with E-state index in [0.717, 1.165) is 0 Å². The Balaban J connectivity index is 2.01. The molecule has 0 saturated carbocycles. The molecule has 0 bridgehead atoms. The molecule has 4 rings (SSSR count). The molecular formula is C25H32. The van der Waals surface area contributed by atoms with E-state index in [-0.39, 0.29) is 10.8 Å². The number of aryl methyl sites for hydroxylation is 2. The van der Waals surface area contributed by atoms with Gasteiger partial charge in [-0.15, -0.1) is 0 Å². The van der Waals surface area contributed by atoms with Gasteiger partial charge in [-0.1, -0.05) is 56.2 Å². The second-order valence-electron chi connectivity index (χ2n) is 9.06. The van der Waals surface area contributed by atoms with Crippen LogP contribution in [0.5, 0.6) is 0 Å². The third kappa shape index (κ3) is 1.84. The molecule has 1 aromatic rings. The van der Waals surface area contributed by atoms with Crippen LogP contribution < -0.4 is 0 Å². The number of benzene rings is 1. The Bertz CT molecular complexity index is 832. The Hall–Kier alpha value is -1.56. The first-order valence-corrected chi connectivity index (χ1v) is 9.97. The van der Waals surface area contributed by atoms with E-state index >= 15 is 0 Å². The molecule has 0 aliphatic heterocycles. The first-order valence-electron chi connectivity index (χ1n) is 9.97. The van der Waals surface area contributed by atoms with Crippen molar-refractivity contribution in [1.29, 1.82) is 0 Å². The molecule has 0 radical (unpaired) electrons. The van der Waals surface area contributed by atoms with E-state index in [1.54, 1.807) is 27.8 Å². The van der Waals surface area contributed by atoms with Gasteiger partial charge in [0.05, 0.1) is 0 Å². The number of hydrogen-bond donors (Lipinski definition) is 0. The monoisotopic (exact) mass is 332 g/mol. The Morgan fingerprint density at radius 2 is 1.44 bits per heavy atom. The number of rotatable bonds is 2. The highest BCUT2D eigenvalue weighted by Gasteiger charge is 2.56. The van der Waals surface area contributed by atoms with E-state index in [9.17, 15) is 0 Å². The molecule has 3 aliphatic rings. The minimum atomic E-state index is 0.0430. The predicted octanol–water partition coefficient (Wildman–Crippen LogP) is 6.79. The van der Waals surface area contributed by atoms with Crippen molar-refractivity contribution in [3.63, 3.8) is 0 Å². The SMILES string of the molecule is CC1=C(C)C(C(C)C)(C2(C)C=Cc3cc4c(cc32)CCC4)C(C)=C1C. The van der Waals surface area contributed by atoms with Gasteiger partial charge in [0.2, 0.25) is 0 Å². The van der Waals surface area contributed by atoms with E-state index in [1.807, 2.05) is 0 Å². The highest BCUT2D eigenvalue weighted by Crippen LogP contribution is 2.64. The number of fused-ring (bicyclic) bond motifs is 2. The zero-order chi connectivity index (χ0) is 18.1. The van der Waals surface area contributed by atoms with Gasteiger partial charge in [-0.2, -0.15) is 0 Å². The van der Waals surface area contributed by atoms with Crippen molar-refractivity contribution in [2.75, 3.05) is 0 Å². The summed E-state index contributed by atoms with van der Waals surface area (Å²) >= 11 is 0. The smallest absolute Gasteiger partial charge is 0.0278 e. The molecule has 0 spiro atoms. The predicted molar refractivity (Wildman–Crippen MR) is 109 cm³/mol. The molecule has 0 heterocycles. The first-order chi connectivity index (χ1) is 11.7. The molecule has 0 aromatic heterocycles. The summed E-state index contributed by atoms with van der Waals surface area (Å²) < 4.78 is 0. The lowest BCUT2D eigenvalue weighted by molar-refractivity contribution is 0.200. The molecule has 0 saturated heterocycles. The van der Waals surface area contributed by atoms with Gasteiger partial charge >= 0.3 is 0 Å². The molecule has 25 heavy (non-hydrogen) atoms. The standard InChI is InChI=1S/C25H32/c1-15(2)25(18(5)16(3)17(4)19(25)6)24(7)12-11-22-13-20-9-8-10-21(20)14-23(22)24/h11-15H,8-10H2,1-7H3. The van der Waals surface area contributed by atoms with Crippen molar-refractivity contribution in [3.05, 3.63) is 62.8 Å². The van der Waals surface area contributed by atoms with Crippen molar-refractivity contribution in [3.8, 4) is 0 Å². The largest absolute Gasteiger partial charge is 0.0724 e. The van der Waals surface area contributed by atoms with Gasteiger partial charge < -0.3 is 0 Å². The summed E-state index contributed by atoms with van der Waals surface area (Å²) in [6.07, 6.45) is 8.77. The summed E-state index contributed by atoms with van der Waals surface area (Å²) in [6, 6.07) is 5.05. The normalized spacial score (nSPS) is 26.9. The van der Waals surface area contributed by atoms with E-state index in [2.05, 4.69) is 72.8 Å². The average molecular weight is 333 g/mol. The van der Waals surface area contributed by atoms with Gasteiger partial charge in [0.15, 0.2) is 0 Å². The van der Waals surface area contributed by atoms with Crippen LogP contribution in [0.2, 0.25) is 0 Å². The van der Waals surface area contributed by atoms with Crippen LogP contribution in [0.1, 0.15) is 77.1 Å². The van der Waals surface area contributed by atoms with Crippen molar-refractivity contribution in [2.45, 2.75) is 73.1 Å². The molecule has 3 aliphatic carbocycles. The Kier molecular flexibility index (Phi) is 3.53. The van der Waals surface area contributed by atoms with Crippen LogP contribution in [0, 0.1) is 11.3 Å². The highest BCUT2D eigenvalue weighted by atomic mass is 14.6. The van der Waals surface area contributed by atoms with Gasteiger partial charge in [-0.25, -0.2) is 0 Å². The van der Waals surface area contributed by atoms with Crippen LogP contribution in [0.4, 0.5) is 0 Å². The van der Waals surface area contributed by atoms with Crippen molar-refractivity contribution >= 4 is 6.08 Å². The second-order valence-corrected chi connectivity index (χ2v) is 9.06. The summed E-state index contributed by atoms with van der Waals surface area (Å²) in [5.74, 6) is 0.564. The summed E-state index contributed by atoms with van der Waals surface area (Å²) in [4.78, 5) is 0. The van der Waals surface area contributed by atoms with Crippen LogP contribution >= 0.6 is 0 Å². The zero-order valence-electron chi connectivity index (χ0n) is 17.0. The molecule has 0 amide bonds. The molecular weight excluding hydrogens is 300 g/mol. The van der Waals surface area contributed by atoms with Gasteiger partial charge in [-0.3, -0.25) is 0 Å². The lowest BCUT2D eigenvalue weighted by atomic mass is 9.52. The third-order valence-electron chi connectivity index (χ3n) is 7.98. The highest BCUT2D eigenvalue weighted by molar-refractivity contribution is 5.71. The topological polar surface area (TPSA) is 0 Å². The lowest BCUT2D eigenvalue weighted by Gasteiger charge is -2.50. The lowest BCUT2D eigenvalue weighted by Crippen LogP contribution is -2.46. The van der Waals surface area contributed by atoms with Crippen molar-refractivity contribution < 1.29 is 0 Å². The summed E-state index contributed by atoms with van der Waals surface area (Å²) in [5.41, 5.74) is 12.5. The second kappa shape index (κ2) is 5.22. The fraction of sp³-hybridized carbons (Fsp3) is 0.520. The Labute approximate surface area is 153 Å². The molecule has 1 atom stereocenters. The molecule has 0 nitrogen and oxygen atoms in total. The molecule has 0 heteroatoms. The Morgan fingerprint density at radius 3 is 2.00 bits per heavy atom. The zero-order valence-corrected chi connectivity index (χ0v) is 17.0. The molecule has 0 fully saturated rings. The van der Waals surface area contributed by atoms with Crippen LogP contribution in [0.15, 0.2) is 40.5 Å². The maximum Gasteiger partial charge on any atom is 0.0278 e. The van der Waals surface area contributed by atoms with Crippen LogP contribution in [-0.4, -0.2) is 0 Å². The van der Waals surface area contributed by atoms with Gasteiger partial charge in [0.25, 0.3) is 0 Å². The first kappa shape index (κ1) is 16.9. The van der Waals surface area contributed by atoms with E-state index < -0.39 is 0 Å². The quantitative estimate of drug-likeness (QED) is 0.559. The van der Waals surface area contributed by atoms with Gasteiger partial charge in [-0.05, 0) is 86.3 Å². The van der Waals surface area contributed by atoms with Gasteiger partial charge in [0, 0.05) is 10.8 Å². The Morgan fingerprint density at radius 1 is 0.880 bits per heavy atom. The summed E-state index contributed by atoms with van der Waals surface area (Å²) in [7, 11) is 0. The minimum absolute atomic E-state index is 0.0430. The van der Waals surface area contributed by atoms with Crippen LogP contribution in [-0.2, 0) is 18.3 Å². The fourth-order valence-corrected chi connectivity index (χ4v) is 6.60. The van der Waals surface area contributed by atoms with Crippen LogP contribution in [0.25, 0.3) is 6.08 Å². The van der Waals surface area contributed by atoms with Gasteiger partial charge in [0.1, 0.15) is 0 Å². The van der Waals surface area contributed by atoms with Crippen molar-refractivity contribution in [1.82, 2.24) is 0 Å². The fourth-order valence-electron chi connectivity index (χ4n) is 6.60. The minimum Gasteiger partial charge on any atom is -0.0724 e. The maximum absolute atomic E-state index is 2.56. The molecule has 1 unspecified atom stereocenters. The van der Waals surface area contributed by atoms with E-state index in [1.165, 1.54) is 36.0 Å². The number of hydrogen-bond acceptors (Lipinski definition) is 0. The van der Waals surface area contributed by atoms with E-state index in [4.69, 9.17) is 0 Å². The number of allylic oxidation sites excluding steroid dienone is 5.